The van der Waals surface area contributed by atoms with Gasteiger partial charge in [0.15, 0.2) is 0 Å². The molecular weight excluding hydrogens is 343 g/mol. The zero-order valence-electron chi connectivity index (χ0n) is 11.6. The minimum atomic E-state index is -1.79. The van der Waals surface area contributed by atoms with Gasteiger partial charge in [0.2, 0.25) is 5.41 Å². The number of carbonyl (C=O) groups is 2. The van der Waals surface area contributed by atoms with E-state index in [-0.39, 0.29) is 23.3 Å². The second-order valence-electron chi connectivity index (χ2n) is 4.41. The number of halogens is 2. The highest BCUT2D eigenvalue weighted by Crippen LogP contribution is 2.47. The average Bonchev–Trinajstić information content (AvgIpc) is 2.71. The van der Waals surface area contributed by atoms with Crippen molar-refractivity contribution in [2.24, 2.45) is 0 Å². The summed E-state index contributed by atoms with van der Waals surface area (Å²) in [6.45, 7) is 3.47. The van der Waals surface area contributed by atoms with Gasteiger partial charge in [0.1, 0.15) is 5.82 Å². The molecule has 0 radical (unpaired) electrons. The van der Waals surface area contributed by atoms with E-state index in [4.69, 9.17) is 9.47 Å². The van der Waals surface area contributed by atoms with E-state index in [1.54, 1.807) is 19.9 Å². The Kier molecular flexibility index (Phi) is 4.46. The standard InChI is InChI=1S/C15H14BrFO4/c1-3-20-13(18)15(14(19)21-4-2)11-8-10(17)6-5-9(11)7-12(15)16/h5-8H,3-4H2,1-2H3. The molecular formula is C15H14BrFO4. The van der Waals surface area contributed by atoms with Crippen LogP contribution in [0.2, 0.25) is 0 Å². The molecule has 0 aliphatic heterocycles. The Hall–Kier alpha value is -1.69. The topological polar surface area (TPSA) is 52.6 Å². The molecule has 4 nitrogen and oxygen atoms in total. The van der Waals surface area contributed by atoms with Crippen LogP contribution in [-0.4, -0.2) is 25.2 Å². The molecule has 2 rings (SSSR count). The van der Waals surface area contributed by atoms with Crippen LogP contribution in [0.3, 0.4) is 0 Å². The first kappa shape index (κ1) is 15.7. The molecule has 0 aromatic heterocycles. The molecule has 0 atom stereocenters. The summed E-state index contributed by atoms with van der Waals surface area (Å²) in [6.07, 6.45) is 1.60. The third-order valence-electron chi connectivity index (χ3n) is 3.22. The van der Waals surface area contributed by atoms with Gasteiger partial charge in [0, 0.05) is 4.48 Å². The van der Waals surface area contributed by atoms with Crippen molar-refractivity contribution in [3.05, 3.63) is 39.6 Å². The first-order valence-electron chi connectivity index (χ1n) is 6.50. The van der Waals surface area contributed by atoms with E-state index in [1.165, 1.54) is 12.1 Å². The first-order chi connectivity index (χ1) is 9.98. The number of benzene rings is 1. The van der Waals surface area contributed by atoms with Gasteiger partial charge in [-0.3, -0.25) is 9.59 Å². The molecule has 0 amide bonds. The highest BCUT2D eigenvalue weighted by Gasteiger charge is 2.56. The molecule has 1 aromatic rings. The van der Waals surface area contributed by atoms with Crippen LogP contribution in [0.15, 0.2) is 22.7 Å². The maximum absolute atomic E-state index is 13.6. The van der Waals surface area contributed by atoms with Crippen molar-refractivity contribution >= 4 is 33.9 Å². The summed E-state index contributed by atoms with van der Waals surface area (Å²) in [5.74, 6) is -2.10. The van der Waals surface area contributed by atoms with Crippen LogP contribution in [0.1, 0.15) is 25.0 Å². The van der Waals surface area contributed by atoms with Crippen molar-refractivity contribution in [3.63, 3.8) is 0 Å². The average molecular weight is 357 g/mol. The SMILES string of the molecule is CCOC(=O)C1(C(=O)OCC)C(Br)=Cc2ccc(F)cc21. The van der Waals surface area contributed by atoms with Gasteiger partial charge in [-0.1, -0.05) is 22.0 Å². The molecule has 0 unspecified atom stereocenters. The van der Waals surface area contributed by atoms with Gasteiger partial charge in [-0.25, -0.2) is 4.39 Å². The molecule has 0 spiro atoms. The van der Waals surface area contributed by atoms with Crippen LogP contribution in [-0.2, 0) is 24.5 Å². The second kappa shape index (κ2) is 5.97. The Morgan fingerprint density at radius 1 is 1.19 bits per heavy atom. The number of hydrogen-bond acceptors (Lipinski definition) is 4. The monoisotopic (exact) mass is 356 g/mol. The van der Waals surface area contributed by atoms with Gasteiger partial charge in [-0.2, -0.15) is 0 Å². The maximum atomic E-state index is 13.6. The van der Waals surface area contributed by atoms with E-state index >= 15 is 0 Å². The normalized spacial score (nSPS) is 15.1. The molecule has 0 saturated heterocycles. The number of carbonyl (C=O) groups excluding carboxylic acids is 2. The molecule has 0 heterocycles. The van der Waals surface area contributed by atoms with Crippen molar-refractivity contribution in [3.8, 4) is 0 Å². The molecule has 1 aliphatic carbocycles. The van der Waals surface area contributed by atoms with Crippen LogP contribution >= 0.6 is 15.9 Å². The van der Waals surface area contributed by atoms with Crippen LogP contribution in [0.5, 0.6) is 0 Å². The van der Waals surface area contributed by atoms with Gasteiger partial charge in [0.25, 0.3) is 0 Å². The fourth-order valence-electron chi connectivity index (χ4n) is 2.33. The zero-order chi connectivity index (χ0) is 15.6. The van der Waals surface area contributed by atoms with E-state index < -0.39 is 23.2 Å². The fraction of sp³-hybridized carbons (Fsp3) is 0.333. The summed E-state index contributed by atoms with van der Waals surface area (Å²) >= 11 is 3.25. The Morgan fingerprint density at radius 2 is 1.76 bits per heavy atom. The third kappa shape index (κ3) is 2.37. The summed E-state index contributed by atoms with van der Waals surface area (Å²) in [5, 5.41) is 0. The molecule has 0 N–H and O–H groups in total. The van der Waals surface area contributed by atoms with E-state index in [9.17, 15) is 14.0 Å². The van der Waals surface area contributed by atoms with E-state index in [2.05, 4.69) is 15.9 Å². The van der Waals surface area contributed by atoms with E-state index in [0.29, 0.717) is 5.56 Å². The Morgan fingerprint density at radius 3 is 2.29 bits per heavy atom. The lowest BCUT2D eigenvalue weighted by Gasteiger charge is -2.26. The quantitative estimate of drug-likeness (QED) is 0.614. The molecule has 1 aromatic carbocycles. The molecule has 6 heteroatoms. The highest BCUT2D eigenvalue weighted by molar-refractivity contribution is 9.12. The smallest absolute Gasteiger partial charge is 0.333 e. The fourth-order valence-corrected chi connectivity index (χ4v) is 3.11. The lowest BCUT2D eigenvalue weighted by Crippen LogP contribution is -2.45. The Bertz CT molecular complexity index is 606. The van der Waals surface area contributed by atoms with Crippen molar-refractivity contribution in [2.75, 3.05) is 13.2 Å². The minimum Gasteiger partial charge on any atom is -0.465 e. The summed E-state index contributed by atoms with van der Waals surface area (Å²) in [7, 11) is 0. The van der Waals surface area contributed by atoms with Crippen molar-refractivity contribution in [2.45, 2.75) is 19.3 Å². The van der Waals surface area contributed by atoms with Gasteiger partial charge in [-0.15, -0.1) is 0 Å². The van der Waals surface area contributed by atoms with Crippen molar-refractivity contribution < 1.29 is 23.5 Å². The highest BCUT2D eigenvalue weighted by atomic mass is 79.9. The molecule has 0 fully saturated rings. The molecule has 21 heavy (non-hydrogen) atoms. The molecule has 1 aliphatic rings. The third-order valence-corrected chi connectivity index (χ3v) is 4.05. The van der Waals surface area contributed by atoms with Crippen molar-refractivity contribution in [1.29, 1.82) is 0 Å². The van der Waals surface area contributed by atoms with Gasteiger partial charge >= 0.3 is 11.9 Å². The van der Waals surface area contributed by atoms with Crippen LogP contribution < -0.4 is 0 Å². The summed E-state index contributed by atoms with van der Waals surface area (Å²) < 4.78 is 23.9. The zero-order valence-corrected chi connectivity index (χ0v) is 13.2. The summed E-state index contributed by atoms with van der Waals surface area (Å²) in [5.41, 5.74) is -0.987. The van der Waals surface area contributed by atoms with E-state index in [0.717, 1.165) is 6.07 Å². The first-order valence-corrected chi connectivity index (χ1v) is 7.29. The van der Waals surface area contributed by atoms with Crippen LogP contribution in [0, 0.1) is 5.82 Å². The maximum Gasteiger partial charge on any atom is 0.333 e. The lowest BCUT2D eigenvalue weighted by atomic mass is 9.82. The van der Waals surface area contributed by atoms with Gasteiger partial charge in [0.05, 0.1) is 13.2 Å². The number of rotatable bonds is 4. The van der Waals surface area contributed by atoms with Gasteiger partial charge in [-0.05, 0) is 43.2 Å². The largest absolute Gasteiger partial charge is 0.465 e. The number of hydrogen-bond donors (Lipinski definition) is 0. The summed E-state index contributed by atoms with van der Waals surface area (Å²) in [4.78, 5) is 24.9. The predicted octanol–water partition coefficient (Wildman–Crippen LogP) is 2.94. The Labute approximate surface area is 130 Å². The minimum absolute atomic E-state index is 0.102. The Balaban J connectivity index is 2.66. The van der Waals surface area contributed by atoms with Crippen molar-refractivity contribution in [1.82, 2.24) is 0 Å². The lowest BCUT2D eigenvalue weighted by molar-refractivity contribution is -0.161. The van der Waals surface area contributed by atoms with Gasteiger partial charge < -0.3 is 9.47 Å². The van der Waals surface area contributed by atoms with E-state index in [1.807, 2.05) is 0 Å². The van der Waals surface area contributed by atoms with Crippen LogP contribution in [0.25, 0.3) is 6.08 Å². The number of esters is 2. The second-order valence-corrected chi connectivity index (χ2v) is 5.27. The molecule has 0 saturated carbocycles. The predicted molar refractivity (Wildman–Crippen MR) is 78.2 cm³/mol. The summed E-state index contributed by atoms with van der Waals surface area (Å²) in [6, 6.07) is 3.93. The van der Waals surface area contributed by atoms with Crippen LogP contribution in [0.4, 0.5) is 4.39 Å². The molecule has 0 bridgehead atoms. The molecule has 112 valence electrons. The number of ether oxygens (including phenoxy) is 2. The number of fused-ring (bicyclic) bond motifs is 1.